The molecule has 2 aromatic carbocycles. The maximum atomic E-state index is 13.5. The fourth-order valence-corrected chi connectivity index (χ4v) is 3.73. The lowest BCUT2D eigenvalue weighted by atomic mass is 9.88. The zero-order valence-electron chi connectivity index (χ0n) is 18.0. The van der Waals surface area contributed by atoms with Gasteiger partial charge in [0.2, 0.25) is 5.91 Å². The minimum atomic E-state index is -0.492. The van der Waals surface area contributed by atoms with Gasteiger partial charge in [-0.05, 0) is 44.9 Å². The normalized spacial score (nSPS) is 14.0. The number of rotatable bonds is 8. The molecule has 1 aliphatic carbocycles. The molecular weight excluding hydrogens is 399 g/mol. The molecule has 0 radical (unpaired) electrons. The van der Waals surface area contributed by atoms with Crippen molar-refractivity contribution in [1.29, 1.82) is 0 Å². The molecule has 0 aromatic heterocycles. The topological polar surface area (TPSA) is 76.7 Å². The SMILES string of the molecule is CCOc1cc(NC(=O)C2CCCCC2)c(OCC)cc1NC(=O)c1cccc(F)c1. The Morgan fingerprint density at radius 1 is 0.935 bits per heavy atom. The summed E-state index contributed by atoms with van der Waals surface area (Å²) in [5, 5.41) is 5.74. The summed E-state index contributed by atoms with van der Waals surface area (Å²) in [6, 6.07) is 8.74. The molecule has 0 atom stereocenters. The number of nitrogens with one attached hydrogen (secondary N) is 2. The highest BCUT2D eigenvalue weighted by atomic mass is 19.1. The van der Waals surface area contributed by atoms with Gasteiger partial charge in [-0.1, -0.05) is 25.3 Å². The zero-order chi connectivity index (χ0) is 22.2. The number of amides is 2. The van der Waals surface area contributed by atoms with E-state index in [4.69, 9.17) is 9.47 Å². The molecule has 2 N–H and O–H groups in total. The first-order valence-electron chi connectivity index (χ1n) is 10.8. The van der Waals surface area contributed by atoms with Crippen molar-refractivity contribution in [3.8, 4) is 11.5 Å². The van der Waals surface area contributed by atoms with E-state index in [0.717, 1.165) is 31.7 Å². The molecule has 31 heavy (non-hydrogen) atoms. The Balaban J connectivity index is 1.87. The summed E-state index contributed by atoms with van der Waals surface area (Å²) in [7, 11) is 0. The standard InChI is InChI=1S/C24H29FN2O4/c1-3-30-21-15-20(27-24(29)17-11-8-12-18(25)13-17)22(31-4-2)14-19(21)26-23(28)16-9-6-5-7-10-16/h8,11-16H,3-7,9-10H2,1-2H3,(H,26,28)(H,27,29). The van der Waals surface area contributed by atoms with Crippen LogP contribution in [0.1, 0.15) is 56.3 Å². The smallest absolute Gasteiger partial charge is 0.255 e. The van der Waals surface area contributed by atoms with E-state index in [0.29, 0.717) is 36.1 Å². The average Bonchev–Trinajstić information content (AvgIpc) is 2.77. The van der Waals surface area contributed by atoms with Gasteiger partial charge in [0, 0.05) is 23.6 Å². The van der Waals surface area contributed by atoms with Gasteiger partial charge in [-0.25, -0.2) is 4.39 Å². The lowest BCUT2D eigenvalue weighted by molar-refractivity contribution is -0.120. The van der Waals surface area contributed by atoms with E-state index in [-0.39, 0.29) is 17.4 Å². The van der Waals surface area contributed by atoms with Gasteiger partial charge < -0.3 is 20.1 Å². The Kier molecular flexibility index (Phi) is 7.87. The average molecular weight is 429 g/mol. The summed E-state index contributed by atoms with van der Waals surface area (Å²) in [6.45, 7) is 4.42. The van der Waals surface area contributed by atoms with Crippen molar-refractivity contribution >= 4 is 23.2 Å². The molecule has 7 heteroatoms. The first-order chi connectivity index (χ1) is 15.0. The lowest BCUT2D eigenvalue weighted by Gasteiger charge is -2.22. The number of ether oxygens (including phenoxy) is 2. The van der Waals surface area contributed by atoms with Crippen LogP contribution in [0.25, 0.3) is 0 Å². The van der Waals surface area contributed by atoms with Gasteiger partial charge >= 0.3 is 0 Å². The van der Waals surface area contributed by atoms with Gasteiger partial charge in [0.05, 0.1) is 24.6 Å². The highest BCUT2D eigenvalue weighted by Gasteiger charge is 2.23. The Morgan fingerprint density at radius 3 is 2.13 bits per heavy atom. The number of carbonyl (C=O) groups excluding carboxylic acids is 2. The first kappa shape index (κ1) is 22.6. The Hall–Kier alpha value is -3.09. The second kappa shape index (κ2) is 10.8. The minimum Gasteiger partial charge on any atom is -0.492 e. The van der Waals surface area contributed by atoms with Gasteiger partial charge in [0.15, 0.2) is 0 Å². The quantitative estimate of drug-likeness (QED) is 0.591. The van der Waals surface area contributed by atoms with E-state index in [1.54, 1.807) is 12.1 Å². The molecule has 6 nitrogen and oxygen atoms in total. The molecule has 3 rings (SSSR count). The van der Waals surface area contributed by atoms with E-state index in [9.17, 15) is 14.0 Å². The molecule has 166 valence electrons. The lowest BCUT2D eigenvalue weighted by Crippen LogP contribution is -2.25. The maximum absolute atomic E-state index is 13.5. The second-order valence-electron chi connectivity index (χ2n) is 7.50. The molecule has 1 aliphatic rings. The molecule has 1 fully saturated rings. The van der Waals surface area contributed by atoms with E-state index < -0.39 is 11.7 Å². The number of hydrogen-bond donors (Lipinski definition) is 2. The van der Waals surface area contributed by atoms with Crippen LogP contribution in [0.15, 0.2) is 36.4 Å². The fourth-order valence-electron chi connectivity index (χ4n) is 3.73. The first-order valence-corrected chi connectivity index (χ1v) is 10.8. The largest absolute Gasteiger partial charge is 0.492 e. The molecule has 0 heterocycles. The molecule has 0 aliphatic heterocycles. The van der Waals surface area contributed by atoms with Crippen molar-refractivity contribution in [2.45, 2.75) is 46.0 Å². The number of halogens is 1. The summed E-state index contributed by atoms with van der Waals surface area (Å²) >= 11 is 0. The van der Waals surface area contributed by atoms with Crippen LogP contribution in [0.4, 0.5) is 15.8 Å². The van der Waals surface area contributed by atoms with Gasteiger partial charge in [0.25, 0.3) is 5.91 Å². The number of benzene rings is 2. The number of hydrogen-bond acceptors (Lipinski definition) is 4. The molecule has 0 spiro atoms. The number of carbonyl (C=O) groups is 2. The van der Waals surface area contributed by atoms with Crippen LogP contribution in [-0.4, -0.2) is 25.0 Å². The third-order valence-corrected chi connectivity index (χ3v) is 5.25. The molecule has 0 saturated heterocycles. The van der Waals surface area contributed by atoms with E-state index >= 15 is 0 Å². The van der Waals surface area contributed by atoms with E-state index in [1.807, 2.05) is 13.8 Å². The molecule has 1 saturated carbocycles. The van der Waals surface area contributed by atoms with Crippen LogP contribution in [0, 0.1) is 11.7 Å². The van der Waals surface area contributed by atoms with Crippen LogP contribution < -0.4 is 20.1 Å². The van der Waals surface area contributed by atoms with Crippen molar-refractivity contribution in [3.05, 3.63) is 47.8 Å². The summed E-state index contributed by atoms with van der Waals surface area (Å²) in [4.78, 5) is 25.4. The van der Waals surface area contributed by atoms with Gasteiger partial charge in [0.1, 0.15) is 17.3 Å². The fraction of sp³-hybridized carbons (Fsp3) is 0.417. The molecule has 0 bridgehead atoms. The molecular formula is C24H29FN2O4. The van der Waals surface area contributed by atoms with Gasteiger partial charge in [-0.3, -0.25) is 9.59 Å². The van der Waals surface area contributed by atoms with E-state index in [2.05, 4.69) is 10.6 Å². The van der Waals surface area contributed by atoms with Crippen molar-refractivity contribution in [1.82, 2.24) is 0 Å². The van der Waals surface area contributed by atoms with Gasteiger partial charge in [-0.15, -0.1) is 0 Å². The number of anilines is 2. The van der Waals surface area contributed by atoms with Crippen LogP contribution in [0.3, 0.4) is 0 Å². The van der Waals surface area contributed by atoms with Gasteiger partial charge in [-0.2, -0.15) is 0 Å². The highest BCUT2D eigenvalue weighted by molar-refractivity contribution is 6.05. The van der Waals surface area contributed by atoms with Crippen LogP contribution in [0.5, 0.6) is 11.5 Å². The van der Waals surface area contributed by atoms with Crippen LogP contribution in [0.2, 0.25) is 0 Å². The third kappa shape index (κ3) is 5.96. The summed E-state index contributed by atoms with van der Waals surface area (Å²) in [5.41, 5.74) is 1.08. The second-order valence-corrected chi connectivity index (χ2v) is 7.50. The molecule has 2 aromatic rings. The predicted molar refractivity (Wildman–Crippen MR) is 118 cm³/mol. The van der Waals surface area contributed by atoms with E-state index in [1.165, 1.54) is 24.6 Å². The van der Waals surface area contributed by atoms with Crippen molar-refractivity contribution in [2.24, 2.45) is 5.92 Å². The van der Waals surface area contributed by atoms with Crippen molar-refractivity contribution < 1.29 is 23.5 Å². The summed E-state index contributed by atoms with van der Waals surface area (Å²) < 4.78 is 24.9. The monoisotopic (exact) mass is 428 g/mol. The predicted octanol–water partition coefficient (Wildman–Crippen LogP) is 5.39. The van der Waals surface area contributed by atoms with Crippen LogP contribution >= 0.6 is 0 Å². The molecule has 0 unspecified atom stereocenters. The summed E-state index contributed by atoms with van der Waals surface area (Å²) in [5.74, 6) is -0.166. The van der Waals surface area contributed by atoms with Crippen molar-refractivity contribution in [3.63, 3.8) is 0 Å². The minimum absolute atomic E-state index is 0.00822. The van der Waals surface area contributed by atoms with Crippen molar-refractivity contribution in [2.75, 3.05) is 23.8 Å². The maximum Gasteiger partial charge on any atom is 0.255 e. The zero-order valence-corrected chi connectivity index (χ0v) is 18.0. The molecule has 2 amide bonds. The Morgan fingerprint density at radius 2 is 1.55 bits per heavy atom. The Bertz CT molecular complexity index is 926. The highest BCUT2D eigenvalue weighted by Crippen LogP contribution is 2.38. The van der Waals surface area contributed by atoms with Crippen LogP contribution in [-0.2, 0) is 4.79 Å². The Labute approximate surface area is 182 Å². The third-order valence-electron chi connectivity index (χ3n) is 5.25. The summed E-state index contributed by atoms with van der Waals surface area (Å²) in [6.07, 6.45) is 5.06.